The Morgan fingerprint density at radius 2 is 2.21 bits per heavy atom. The van der Waals surface area contributed by atoms with E-state index in [-0.39, 0.29) is 21.8 Å². The molecule has 0 saturated carbocycles. The first-order chi connectivity index (χ1) is 8.85. The van der Waals surface area contributed by atoms with Gasteiger partial charge in [0.2, 0.25) is 11.9 Å². The van der Waals surface area contributed by atoms with E-state index in [0.29, 0.717) is 16.9 Å². The highest BCUT2D eigenvalue weighted by Gasteiger charge is 2.15. The number of hydrogen-bond donors (Lipinski definition) is 2. The minimum absolute atomic E-state index is 0.0298. The zero-order chi connectivity index (χ0) is 14.0. The van der Waals surface area contributed by atoms with Gasteiger partial charge in [-0.3, -0.25) is 10.1 Å². The Labute approximate surface area is 119 Å². The number of anilines is 1. The minimum Gasteiger partial charge on any atom is -0.341 e. The maximum atomic E-state index is 11.8. The van der Waals surface area contributed by atoms with Gasteiger partial charge in [0.1, 0.15) is 5.52 Å². The third kappa shape index (κ3) is 3.81. The van der Waals surface area contributed by atoms with Crippen LogP contribution in [0.4, 0.5) is 5.95 Å². The Morgan fingerprint density at radius 3 is 2.89 bits per heavy atom. The van der Waals surface area contributed by atoms with E-state index < -0.39 is 0 Å². The highest BCUT2D eigenvalue weighted by molar-refractivity contribution is 8.01. The number of imidazole rings is 1. The van der Waals surface area contributed by atoms with Crippen LogP contribution in [-0.2, 0) is 4.79 Å². The molecule has 0 atom stereocenters. The van der Waals surface area contributed by atoms with E-state index in [1.54, 1.807) is 11.8 Å². The number of H-pyrrole nitrogens is 1. The molecule has 2 aromatic rings. The molecule has 2 heterocycles. The van der Waals surface area contributed by atoms with E-state index >= 15 is 0 Å². The topological polar surface area (TPSA) is 83.6 Å². The maximum absolute atomic E-state index is 11.8. The Bertz CT molecular complexity index is 607. The largest absolute Gasteiger partial charge is 0.341 e. The summed E-state index contributed by atoms with van der Waals surface area (Å²) in [5.74, 6) is 0.346. The fourth-order valence-electron chi connectivity index (χ4n) is 1.30. The summed E-state index contributed by atoms with van der Waals surface area (Å²) in [6, 6.07) is 0. The van der Waals surface area contributed by atoms with Crippen LogP contribution in [0.5, 0.6) is 0 Å². The summed E-state index contributed by atoms with van der Waals surface area (Å²) < 4.78 is 0.0298. The van der Waals surface area contributed by atoms with Gasteiger partial charge in [0, 0.05) is 4.75 Å². The van der Waals surface area contributed by atoms with Gasteiger partial charge in [0.15, 0.2) is 10.8 Å². The summed E-state index contributed by atoms with van der Waals surface area (Å²) >= 11 is 7.51. The number of halogens is 1. The van der Waals surface area contributed by atoms with Crippen LogP contribution in [0.25, 0.3) is 11.2 Å². The molecule has 0 aliphatic rings. The van der Waals surface area contributed by atoms with Crippen molar-refractivity contribution in [2.24, 2.45) is 0 Å². The van der Waals surface area contributed by atoms with Gasteiger partial charge in [-0.25, -0.2) is 4.98 Å². The number of amides is 1. The lowest BCUT2D eigenvalue weighted by Crippen LogP contribution is -2.20. The van der Waals surface area contributed by atoms with E-state index in [1.165, 1.54) is 6.33 Å². The summed E-state index contributed by atoms with van der Waals surface area (Å²) in [4.78, 5) is 26.7. The number of thioether (sulfide) groups is 1. The Kier molecular flexibility index (Phi) is 3.96. The van der Waals surface area contributed by atoms with Gasteiger partial charge < -0.3 is 4.98 Å². The zero-order valence-electron chi connectivity index (χ0n) is 10.8. The molecule has 2 rings (SSSR count). The number of fused-ring (bicyclic) bond motifs is 1. The smallest absolute Gasteiger partial charge is 0.236 e. The normalized spacial score (nSPS) is 11.8. The second-order valence-electron chi connectivity index (χ2n) is 4.89. The quantitative estimate of drug-likeness (QED) is 0.851. The molecule has 19 heavy (non-hydrogen) atoms. The van der Waals surface area contributed by atoms with Gasteiger partial charge in [0.25, 0.3) is 0 Å². The standard InChI is InChI=1S/C11H14ClN5OS/c1-11(2,3)19-4-6(18)15-10-16-8(12)7-9(17-10)14-5-13-7/h5H,4H2,1-3H3,(H2,13,14,15,16,17,18). The van der Waals surface area contributed by atoms with E-state index in [4.69, 9.17) is 11.6 Å². The van der Waals surface area contributed by atoms with Crippen molar-refractivity contribution in [2.75, 3.05) is 11.1 Å². The summed E-state index contributed by atoms with van der Waals surface area (Å²) in [6.45, 7) is 6.15. The molecule has 6 nitrogen and oxygen atoms in total. The molecule has 8 heteroatoms. The van der Waals surface area contributed by atoms with E-state index in [2.05, 4.69) is 25.3 Å². The van der Waals surface area contributed by atoms with Gasteiger partial charge in [-0.2, -0.15) is 9.97 Å². The number of nitrogens with one attached hydrogen (secondary N) is 2. The minimum atomic E-state index is -0.161. The Morgan fingerprint density at radius 1 is 1.47 bits per heavy atom. The summed E-state index contributed by atoms with van der Waals surface area (Å²) in [5.41, 5.74) is 0.988. The van der Waals surface area contributed by atoms with E-state index in [1.807, 2.05) is 20.8 Å². The average molecular weight is 300 g/mol. The van der Waals surface area contributed by atoms with Crippen LogP contribution in [0.1, 0.15) is 20.8 Å². The molecule has 0 unspecified atom stereocenters. The average Bonchev–Trinajstić information content (AvgIpc) is 2.74. The lowest BCUT2D eigenvalue weighted by Gasteiger charge is -2.16. The van der Waals surface area contributed by atoms with E-state index in [9.17, 15) is 4.79 Å². The third-order valence-electron chi connectivity index (χ3n) is 2.13. The molecule has 0 aliphatic heterocycles. The van der Waals surface area contributed by atoms with Crippen LogP contribution >= 0.6 is 23.4 Å². The molecule has 0 radical (unpaired) electrons. The molecule has 0 fully saturated rings. The van der Waals surface area contributed by atoms with E-state index in [0.717, 1.165) is 0 Å². The first kappa shape index (κ1) is 14.1. The number of aromatic amines is 1. The van der Waals surface area contributed by atoms with Crippen molar-refractivity contribution in [2.45, 2.75) is 25.5 Å². The van der Waals surface area contributed by atoms with Gasteiger partial charge in [-0.1, -0.05) is 32.4 Å². The van der Waals surface area contributed by atoms with Gasteiger partial charge in [-0.05, 0) is 0 Å². The zero-order valence-corrected chi connectivity index (χ0v) is 12.4. The van der Waals surface area contributed by atoms with Crippen LogP contribution in [-0.4, -0.2) is 36.3 Å². The molecule has 0 aromatic carbocycles. The lowest BCUT2D eigenvalue weighted by molar-refractivity contribution is -0.113. The molecule has 0 bridgehead atoms. The highest BCUT2D eigenvalue weighted by Crippen LogP contribution is 2.23. The fraction of sp³-hybridized carbons (Fsp3) is 0.455. The SMILES string of the molecule is CC(C)(C)SCC(=O)Nc1nc(Cl)c2[nH]cnc2n1. The number of carbonyl (C=O) groups excluding carboxylic acids is 1. The molecular formula is C11H14ClN5OS. The molecular weight excluding hydrogens is 286 g/mol. The molecule has 2 N–H and O–H groups in total. The van der Waals surface area contributed by atoms with Gasteiger partial charge in [-0.15, -0.1) is 11.8 Å². The van der Waals surface area contributed by atoms with Crippen LogP contribution in [0.2, 0.25) is 5.15 Å². The number of rotatable bonds is 3. The molecule has 0 saturated heterocycles. The van der Waals surface area contributed by atoms with Crippen molar-refractivity contribution in [1.82, 2.24) is 19.9 Å². The summed E-state index contributed by atoms with van der Waals surface area (Å²) in [7, 11) is 0. The monoisotopic (exact) mass is 299 g/mol. The molecule has 2 aromatic heterocycles. The van der Waals surface area contributed by atoms with Crippen molar-refractivity contribution in [3.63, 3.8) is 0 Å². The Balaban J connectivity index is 2.06. The summed E-state index contributed by atoms with van der Waals surface area (Å²) in [6.07, 6.45) is 1.48. The van der Waals surface area contributed by atoms with Crippen molar-refractivity contribution < 1.29 is 4.79 Å². The van der Waals surface area contributed by atoms with Crippen molar-refractivity contribution >= 4 is 46.4 Å². The number of hydrogen-bond acceptors (Lipinski definition) is 5. The third-order valence-corrected chi connectivity index (χ3v) is 3.68. The van der Waals surface area contributed by atoms with Crippen molar-refractivity contribution in [3.8, 4) is 0 Å². The van der Waals surface area contributed by atoms with Gasteiger partial charge >= 0.3 is 0 Å². The lowest BCUT2D eigenvalue weighted by atomic mass is 10.3. The first-order valence-electron chi connectivity index (χ1n) is 5.65. The molecule has 1 amide bonds. The fourth-order valence-corrected chi connectivity index (χ4v) is 2.15. The van der Waals surface area contributed by atoms with Crippen LogP contribution in [0.15, 0.2) is 6.33 Å². The predicted molar refractivity (Wildman–Crippen MR) is 77.5 cm³/mol. The second-order valence-corrected chi connectivity index (χ2v) is 7.05. The van der Waals surface area contributed by atoms with Crippen molar-refractivity contribution in [3.05, 3.63) is 11.5 Å². The van der Waals surface area contributed by atoms with Crippen molar-refractivity contribution in [1.29, 1.82) is 0 Å². The molecule has 0 spiro atoms. The second kappa shape index (κ2) is 5.34. The van der Waals surface area contributed by atoms with Crippen LogP contribution in [0, 0.1) is 0 Å². The number of nitrogens with zero attached hydrogens (tertiary/aromatic N) is 3. The molecule has 102 valence electrons. The summed E-state index contributed by atoms with van der Waals surface area (Å²) in [5, 5.41) is 2.85. The first-order valence-corrected chi connectivity index (χ1v) is 7.02. The van der Waals surface area contributed by atoms with Crippen LogP contribution in [0.3, 0.4) is 0 Å². The van der Waals surface area contributed by atoms with Crippen LogP contribution < -0.4 is 5.32 Å². The number of carbonyl (C=O) groups is 1. The number of aromatic nitrogens is 4. The molecule has 0 aliphatic carbocycles. The Hall–Kier alpha value is -1.34. The predicted octanol–water partition coefficient (Wildman–Crippen LogP) is 2.48. The maximum Gasteiger partial charge on any atom is 0.236 e. The van der Waals surface area contributed by atoms with Gasteiger partial charge in [0.05, 0.1) is 12.1 Å². The highest BCUT2D eigenvalue weighted by atomic mass is 35.5.